The average molecular weight is 213 g/mol. The summed E-state index contributed by atoms with van der Waals surface area (Å²) in [5.41, 5.74) is 0. The molecule has 0 aromatic carbocycles. The first kappa shape index (κ1) is 12.9. The van der Waals surface area contributed by atoms with Gasteiger partial charge in [0.25, 0.3) is 0 Å². The number of piperidine rings is 1. The van der Waals surface area contributed by atoms with Crippen molar-refractivity contribution in [2.24, 2.45) is 5.92 Å². The second-order valence-electron chi connectivity index (χ2n) is 5.37. The molecule has 1 rings (SSSR count). The van der Waals surface area contributed by atoms with Gasteiger partial charge in [0, 0.05) is 31.7 Å². The zero-order valence-electron chi connectivity index (χ0n) is 11.0. The Balaban J connectivity index is 2.28. The zero-order valence-corrected chi connectivity index (χ0v) is 11.0. The number of rotatable bonds is 4. The van der Waals surface area contributed by atoms with E-state index >= 15 is 0 Å². The van der Waals surface area contributed by atoms with E-state index in [4.69, 9.17) is 0 Å². The van der Waals surface area contributed by atoms with Crippen LogP contribution < -0.4 is 5.32 Å². The Hall–Kier alpha value is -0.120. The molecule has 1 N–H and O–H groups in total. The van der Waals surface area contributed by atoms with Gasteiger partial charge in [-0.05, 0) is 40.4 Å². The standard InChI is InChI=1S/C12H27N3/c1-10-9-15(5)11(2)8-12(10)13-6-7-14(3)4/h10-13H,6-9H2,1-5H3/t10-,11-,12-/m1/s1. The molecular formula is C12H27N3. The molecule has 90 valence electrons. The first-order valence-corrected chi connectivity index (χ1v) is 6.09. The summed E-state index contributed by atoms with van der Waals surface area (Å²) < 4.78 is 0. The van der Waals surface area contributed by atoms with Crippen molar-refractivity contribution in [3.63, 3.8) is 0 Å². The van der Waals surface area contributed by atoms with Gasteiger partial charge in [0.1, 0.15) is 0 Å². The molecule has 0 aliphatic carbocycles. The third-order valence-electron chi connectivity index (χ3n) is 3.58. The van der Waals surface area contributed by atoms with Crippen molar-refractivity contribution >= 4 is 0 Å². The number of hydrogen-bond acceptors (Lipinski definition) is 3. The molecule has 3 atom stereocenters. The van der Waals surface area contributed by atoms with E-state index in [2.05, 4.69) is 50.1 Å². The topological polar surface area (TPSA) is 18.5 Å². The summed E-state index contributed by atoms with van der Waals surface area (Å²) in [6, 6.07) is 1.43. The molecule has 0 radical (unpaired) electrons. The summed E-state index contributed by atoms with van der Waals surface area (Å²) in [5.74, 6) is 0.772. The first-order valence-electron chi connectivity index (χ1n) is 6.09. The van der Waals surface area contributed by atoms with E-state index in [1.54, 1.807) is 0 Å². The van der Waals surface area contributed by atoms with Crippen LogP contribution in [-0.2, 0) is 0 Å². The monoisotopic (exact) mass is 213 g/mol. The average Bonchev–Trinajstić information content (AvgIpc) is 2.13. The quantitative estimate of drug-likeness (QED) is 0.747. The fourth-order valence-corrected chi connectivity index (χ4v) is 2.30. The predicted molar refractivity (Wildman–Crippen MR) is 66.2 cm³/mol. The first-order chi connectivity index (χ1) is 7.00. The van der Waals surface area contributed by atoms with Gasteiger partial charge in [-0.15, -0.1) is 0 Å². The molecule has 1 saturated heterocycles. The van der Waals surface area contributed by atoms with Crippen LogP contribution in [-0.4, -0.2) is 62.7 Å². The SMILES string of the molecule is C[C@@H]1CN(C)[C@H](C)C[C@H]1NCCN(C)C. The largest absolute Gasteiger partial charge is 0.312 e. The molecule has 15 heavy (non-hydrogen) atoms. The minimum Gasteiger partial charge on any atom is -0.312 e. The van der Waals surface area contributed by atoms with Gasteiger partial charge in [0.15, 0.2) is 0 Å². The third kappa shape index (κ3) is 4.09. The maximum Gasteiger partial charge on any atom is 0.0120 e. The number of nitrogens with one attached hydrogen (secondary N) is 1. The minimum atomic E-state index is 0.705. The number of nitrogens with zero attached hydrogens (tertiary/aromatic N) is 2. The van der Waals surface area contributed by atoms with Gasteiger partial charge >= 0.3 is 0 Å². The fourth-order valence-electron chi connectivity index (χ4n) is 2.30. The second-order valence-corrected chi connectivity index (χ2v) is 5.37. The molecule has 0 saturated carbocycles. The summed E-state index contributed by atoms with van der Waals surface area (Å²) in [6.45, 7) is 8.15. The third-order valence-corrected chi connectivity index (χ3v) is 3.58. The van der Waals surface area contributed by atoms with Crippen LogP contribution in [0.25, 0.3) is 0 Å². The summed E-state index contributed by atoms with van der Waals surface area (Å²) in [4.78, 5) is 4.70. The highest BCUT2D eigenvalue weighted by Gasteiger charge is 2.28. The fraction of sp³-hybridized carbons (Fsp3) is 1.00. The maximum atomic E-state index is 3.69. The van der Waals surface area contributed by atoms with Crippen LogP contribution in [0, 0.1) is 5.92 Å². The molecule has 0 aromatic rings. The Bertz CT molecular complexity index is 182. The smallest absolute Gasteiger partial charge is 0.0120 e. The number of hydrogen-bond donors (Lipinski definition) is 1. The lowest BCUT2D eigenvalue weighted by Crippen LogP contribution is -2.51. The summed E-state index contributed by atoms with van der Waals surface area (Å²) >= 11 is 0. The molecule has 0 bridgehead atoms. The Labute approximate surface area is 94.8 Å². The van der Waals surface area contributed by atoms with Gasteiger partial charge in [0.2, 0.25) is 0 Å². The van der Waals surface area contributed by atoms with Crippen molar-refractivity contribution in [2.75, 3.05) is 40.8 Å². The van der Waals surface area contributed by atoms with Crippen molar-refractivity contribution in [1.29, 1.82) is 0 Å². The van der Waals surface area contributed by atoms with E-state index in [-0.39, 0.29) is 0 Å². The van der Waals surface area contributed by atoms with Gasteiger partial charge in [-0.25, -0.2) is 0 Å². The van der Waals surface area contributed by atoms with E-state index in [0.29, 0.717) is 6.04 Å². The molecule has 1 aliphatic rings. The Morgan fingerprint density at radius 3 is 2.60 bits per heavy atom. The van der Waals surface area contributed by atoms with Crippen LogP contribution in [0.3, 0.4) is 0 Å². The molecule has 1 fully saturated rings. The van der Waals surface area contributed by atoms with Crippen molar-refractivity contribution in [3.05, 3.63) is 0 Å². The van der Waals surface area contributed by atoms with E-state index in [1.165, 1.54) is 13.0 Å². The molecule has 0 spiro atoms. The lowest BCUT2D eigenvalue weighted by molar-refractivity contribution is 0.121. The van der Waals surface area contributed by atoms with E-state index in [1.807, 2.05) is 0 Å². The molecule has 3 heteroatoms. The van der Waals surface area contributed by atoms with Crippen LogP contribution in [0.1, 0.15) is 20.3 Å². The summed E-state index contributed by atoms with van der Waals surface area (Å²) in [6.07, 6.45) is 1.28. The van der Waals surface area contributed by atoms with Crippen LogP contribution in [0.4, 0.5) is 0 Å². The summed E-state index contributed by atoms with van der Waals surface area (Å²) in [7, 11) is 6.49. The van der Waals surface area contributed by atoms with Gasteiger partial charge in [-0.2, -0.15) is 0 Å². The molecule has 0 amide bonds. The van der Waals surface area contributed by atoms with E-state index in [9.17, 15) is 0 Å². The zero-order chi connectivity index (χ0) is 11.4. The van der Waals surface area contributed by atoms with Gasteiger partial charge < -0.3 is 15.1 Å². The van der Waals surface area contributed by atoms with E-state index < -0.39 is 0 Å². The van der Waals surface area contributed by atoms with E-state index in [0.717, 1.165) is 25.0 Å². The lowest BCUT2D eigenvalue weighted by atomic mass is 9.90. The number of likely N-dealkylation sites (tertiary alicyclic amines) is 1. The highest BCUT2D eigenvalue weighted by atomic mass is 15.2. The van der Waals surface area contributed by atoms with Crippen LogP contribution >= 0.6 is 0 Å². The van der Waals surface area contributed by atoms with Crippen molar-refractivity contribution in [1.82, 2.24) is 15.1 Å². The normalized spacial score (nSPS) is 33.6. The molecule has 0 aromatic heterocycles. The number of likely N-dealkylation sites (N-methyl/N-ethyl adjacent to an activating group) is 1. The van der Waals surface area contributed by atoms with Crippen LogP contribution in [0.5, 0.6) is 0 Å². The summed E-state index contributed by atoms with van der Waals surface area (Å²) in [5, 5.41) is 3.69. The predicted octanol–water partition coefficient (Wildman–Crippen LogP) is 0.866. The van der Waals surface area contributed by atoms with Crippen molar-refractivity contribution in [2.45, 2.75) is 32.4 Å². The van der Waals surface area contributed by atoms with Crippen LogP contribution in [0.15, 0.2) is 0 Å². The molecule has 3 nitrogen and oxygen atoms in total. The lowest BCUT2D eigenvalue weighted by Gasteiger charge is -2.40. The van der Waals surface area contributed by atoms with Crippen molar-refractivity contribution in [3.8, 4) is 0 Å². The molecule has 1 aliphatic heterocycles. The highest BCUT2D eigenvalue weighted by Crippen LogP contribution is 2.20. The maximum absolute atomic E-state index is 3.69. The van der Waals surface area contributed by atoms with Gasteiger partial charge in [-0.1, -0.05) is 6.92 Å². The highest BCUT2D eigenvalue weighted by molar-refractivity contribution is 4.86. The van der Waals surface area contributed by atoms with Crippen LogP contribution in [0.2, 0.25) is 0 Å². The van der Waals surface area contributed by atoms with Gasteiger partial charge in [-0.3, -0.25) is 0 Å². The van der Waals surface area contributed by atoms with Gasteiger partial charge in [0.05, 0.1) is 0 Å². The van der Waals surface area contributed by atoms with Crippen molar-refractivity contribution < 1.29 is 0 Å². The Morgan fingerprint density at radius 2 is 2.00 bits per heavy atom. The Morgan fingerprint density at radius 1 is 1.33 bits per heavy atom. The molecule has 0 unspecified atom stereocenters. The Kier molecular flexibility index (Phi) is 5.03. The molecule has 1 heterocycles. The molecular weight excluding hydrogens is 186 g/mol. The minimum absolute atomic E-state index is 0.705. The second kappa shape index (κ2) is 5.83.